The van der Waals surface area contributed by atoms with Crippen molar-refractivity contribution in [3.05, 3.63) is 57.1 Å². The van der Waals surface area contributed by atoms with Gasteiger partial charge in [-0.15, -0.1) is 0 Å². The molecule has 6 nitrogen and oxygen atoms in total. The Labute approximate surface area is 197 Å². The summed E-state index contributed by atoms with van der Waals surface area (Å²) in [6, 6.07) is 9.26. The summed E-state index contributed by atoms with van der Waals surface area (Å²) in [7, 11) is 0. The van der Waals surface area contributed by atoms with Crippen LogP contribution in [0.4, 0.5) is 5.82 Å². The lowest BCUT2D eigenvalue weighted by molar-refractivity contribution is 0.102. The molecule has 0 spiro atoms. The summed E-state index contributed by atoms with van der Waals surface area (Å²) in [6.45, 7) is 2.64. The van der Waals surface area contributed by atoms with Gasteiger partial charge in [0.15, 0.2) is 11.4 Å². The third-order valence-electron chi connectivity index (χ3n) is 5.60. The van der Waals surface area contributed by atoms with Crippen molar-refractivity contribution in [1.29, 1.82) is 0 Å². The van der Waals surface area contributed by atoms with Crippen LogP contribution in [0.2, 0.25) is 10.0 Å². The second kappa shape index (κ2) is 10.4. The Balaban J connectivity index is 1.50. The maximum Gasteiger partial charge on any atom is 0.257 e. The highest BCUT2D eigenvalue weighted by Gasteiger charge is 2.20. The van der Waals surface area contributed by atoms with Gasteiger partial charge in [-0.1, -0.05) is 55.1 Å². The van der Waals surface area contributed by atoms with E-state index in [-0.39, 0.29) is 15.9 Å². The Bertz CT molecular complexity index is 1090. The molecule has 0 radical (unpaired) electrons. The van der Waals surface area contributed by atoms with Gasteiger partial charge in [-0.2, -0.15) is 0 Å². The van der Waals surface area contributed by atoms with Crippen molar-refractivity contribution in [3.63, 3.8) is 0 Å². The van der Waals surface area contributed by atoms with Crippen molar-refractivity contribution in [3.8, 4) is 17.0 Å². The van der Waals surface area contributed by atoms with Gasteiger partial charge in [0, 0.05) is 11.1 Å². The Hall–Kier alpha value is -2.57. The summed E-state index contributed by atoms with van der Waals surface area (Å²) in [4.78, 5) is 12.9. The van der Waals surface area contributed by atoms with Crippen LogP contribution in [0.5, 0.6) is 5.75 Å². The molecular weight excluding hydrogens is 449 g/mol. The Morgan fingerprint density at radius 3 is 2.56 bits per heavy atom. The van der Waals surface area contributed by atoms with Gasteiger partial charge in [0.05, 0.1) is 16.7 Å². The highest BCUT2D eigenvalue weighted by molar-refractivity contribution is 6.37. The largest absolute Gasteiger partial charge is 0.490 e. The van der Waals surface area contributed by atoms with Crippen LogP contribution in [0.1, 0.15) is 60.5 Å². The number of nitrogens with zero attached hydrogens (tertiary/aromatic N) is 2. The van der Waals surface area contributed by atoms with Crippen LogP contribution in [-0.4, -0.2) is 22.8 Å². The van der Waals surface area contributed by atoms with Gasteiger partial charge < -0.3 is 10.1 Å². The zero-order chi connectivity index (χ0) is 22.5. The van der Waals surface area contributed by atoms with E-state index < -0.39 is 5.91 Å². The number of aromatic nitrogens is 2. The standard InChI is InChI=1S/C24H25Cl2N3O3/c1-2-3-6-11-31-22-19(25)13-18(14-20(22)26)24(30)27-23-21(28-32-29-23)17-10-9-15-7-4-5-8-16(15)12-17/h9-10,12-14H,2-8,11H2,1H3,(H,27,29,30). The molecular formula is C24H25Cl2N3O3. The van der Waals surface area contributed by atoms with Gasteiger partial charge in [-0.05, 0) is 71.7 Å². The van der Waals surface area contributed by atoms with Gasteiger partial charge in [0.2, 0.25) is 5.82 Å². The first-order chi connectivity index (χ1) is 15.6. The third kappa shape index (κ3) is 5.08. The SMILES string of the molecule is CCCCCOc1c(Cl)cc(C(=O)Nc2nonc2-c2ccc3c(c2)CCCC3)cc1Cl. The molecule has 1 aromatic heterocycles. The monoisotopic (exact) mass is 473 g/mol. The van der Waals surface area contributed by atoms with Crippen LogP contribution in [0, 0.1) is 0 Å². The van der Waals surface area contributed by atoms with Gasteiger partial charge in [-0.3, -0.25) is 4.79 Å². The van der Waals surface area contributed by atoms with Crippen molar-refractivity contribution in [2.45, 2.75) is 51.9 Å². The lowest BCUT2D eigenvalue weighted by Crippen LogP contribution is -2.13. The summed E-state index contributed by atoms with van der Waals surface area (Å²) >= 11 is 12.7. The minimum Gasteiger partial charge on any atom is -0.490 e. The maximum absolute atomic E-state index is 12.9. The molecule has 1 amide bonds. The van der Waals surface area contributed by atoms with Crippen molar-refractivity contribution < 1.29 is 14.2 Å². The maximum atomic E-state index is 12.9. The molecule has 0 saturated carbocycles. The number of anilines is 1. The molecule has 1 aliphatic carbocycles. The van der Waals surface area contributed by atoms with Gasteiger partial charge in [0.25, 0.3) is 5.91 Å². The number of carbonyl (C=O) groups excluding carboxylic acids is 1. The second-order valence-electron chi connectivity index (χ2n) is 7.93. The first kappa shape index (κ1) is 22.6. The number of unbranched alkanes of at least 4 members (excludes halogenated alkanes) is 2. The van der Waals surface area contributed by atoms with Crippen LogP contribution >= 0.6 is 23.2 Å². The molecule has 0 aliphatic heterocycles. The molecule has 3 aromatic rings. The Morgan fingerprint density at radius 2 is 1.81 bits per heavy atom. The normalized spacial score (nSPS) is 13.0. The average Bonchev–Trinajstić information content (AvgIpc) is 3.25. The van der Waals surface area contributed by atoms with Gasteiger partial charge in [-0.25, -0.2) is 4.63 Å². The van der Waals surface area contributed by atoms with Crippen LogP contribution in [0.25, 0.3) is 11.3 Å². The van der Waals surface area contributed by atoms with E-state index in [1.54, 1.807) is 0 Å². The molecule has 1 aliphatic rings. The minimum atomic E-state index is -0.416. The Kier molecular flexibility index (Phi) is 7.33. The predicted molar refractivity (Wildman–Crippen MR) is 126 cm³/mol. The zero-order valence-corrected chi connectivity index (χ0v) is 19.4. The molecule has 0 fully saturated rings. The third-order valence-corrected chi connectivity index (χ3v) is 6.16. The van der Waals surface area contributed by atoms with E-state index >= 15 is 0 Å². The number of rotatable bonds is 8. The molecule has 0 atom stereocenters. The number of amides is 1. The number of ether oxygens (including phenoxy) is 1. The molecule has 0 saturated heterocycles. The summed E-state index contributed by atoms with van der Waals surface area (Å²) in [5.41, 5.74) is 4.31. The van der Waals surface area contributed by atoms with Crippen molar-refractivity contribution >= 4 is 34.9 Å². The van der Waals surface area contributed by atoms with Crippen LogP contribution in [0.3, 0.4) is 0 Å². The molecule has 2 aromatic carbocycles. The van der Waals surface area contributed by atoms with E-state index in [4.69, 9.17) is 32.6 Å². The molecule has 1 N–H and O–H groups in total. The Morgan fingerprint density at radius 1 is 1.06 bits per heavy atom. The van der Waals surface area contributed by atoms with Crippen LogP contribution < -0.4 is 10.1 Å². The minimum absolute atomic E-state index is 0.248. The van der Waals surface area contributed by atoms with Crippen LogP contribution in [0.15, 0.2) is 35.0 Å². The lowest BCUT2D eigenvalue weighted by atomic mass is 9.90. The van der Waals surface area contributed by atoms with Crippen molar-refractivity contribution in [2.24, 2.45) is 0 Å². The smallest absolute Gasteiger partial charge is 0.257 e. The molecule has 168 valence electrons. The molecule has 4 rings (SSSR count). The van der Waals surface area contributed by atoms with Crippen molar-refractivity contribution in [1.82, 2.24) is 10.3 Å². The van der Waals surface area contributed by atoms with Gasteiger partial charge in [0.1, 0.15) is 0 Å². The van der Waals surface area contributed by atoms with E-state index in [1.807, 2.05) is 6.07 Å². The summed E-state index contributed by atoms with van der Waals surface area (Å²) in [5, 5.41) is 11.2. The van der Waals surface area contributed by atoms with E-state index in [1.165, 1.54) is 36.1 Å². The predicted octanol–water partition coefficient (Wildman–Crippen LogP) is 6.74. The molecule has 32 heavy (non-hydrogen) atoms. The fourth-order valence-corrected chi connectivity index (χ4v) is 4.47. The zero-order valence-electron chi connectivity index (χ0n) is 17.9. The van der Waals surface area contributed by atoms with E-state index in [0.717, 1.165) is 37.7 Å². The van der Waals surface area contributed by atoms with Gasteiger partial charge >= 0.3 is 0 Å². The number of halogens is 2. The topological polar surface area (TPSA) is 77.2 Å². The summed E-state index contributed by atoms with van der Waals surface area (Å²) in [5.74, 6) is 0.220. The lowest BCUT2D eigenvalue weighted by Gasteiger charge is -2.16. The fourth-order valence-electron chi connectivity index (χ4n) is 3.88. The number of carbonyl (C=O) groups is 1. The average molecular weight is 474 g/mol. The summed E-state index contributed by atoms with van der Waals surface area (Å²) in [6.07, 6.45) is 7.60. The number of fused-ring (bicyclic) bond motifs is 1. The fraction of sp³-hybridized carbons (Fsp3) is 0.375. The molecule has 0 bridgehead atoms. The highest BCUT2D eigenvalue weighted by Crippen LogP contribution is 2.35. The van der Waals surface area contributed by atoms with E-state index in [2.05, 4.69) is 34.7 Å². The number of hydrogen-bond donors (Lipinski definition) is 1. The first-order valence-electron chi connectivity index (χ1n) is 10.9. The van der Waals surface area contributed by atoms with Crippen molar-refractivity contribution in [2.75, 3.05) is 11.9 Å². The van der Waals surface area contributed by atoms with E-state index in [0.29, 0.717) is 23.6 Å². The quantitative estimate of drug-likeness (QED) is 0.366. The second-order valence-corrected chi connectivity index (χ2v) is 8.75. The number of hydrogen-bond acceptors (Lipinski definition) is 5. The molecule has 1 heterocycles. The van der Waals surface area contributed by atoms with E-state index in [9.17, 15) is 4.79 Å². The number of nitrogens with one attached hydrogen (secondary N) is 1. The summed E-state index contributed by atoms with van der Waals surface area (Å²) < 4.78 is 10.6. The molecule has 0 unspecified atom stereocenters. The number of aryl methyl sites for hydroxylation is 2. The highest BCUT2D eigenvalue weighted by atomic mass is 35.5. The molecule has 8 heteroatoms. The van der Waals surface area contributed by atoms with Crippen LogP contribution in [-0.2, 0) is 12.8 Å². The number of benzene rings is 2. The first-order valence-corrected chi connectivity index (χ1v) is 11.7.